The highest BCUT2D eigenvalue weighted by atomic mass is 35.5. The molecule has 0 aromatic rings. The summed E-state index contributed by atoms with van der Waals surface area (Å²) in [6.07, 6.45) is 1.72. The van der Waals surface area contributed by atoms with Crippen molar-refractivity contribution in [1.29, 1.82) is 0 Å². The van der Waals surface area contributed by atoms with Gasteiger partial charge in [-0.2, -0.15) is 0 Å². The molecular weight excluding hydrogens is 166 g/mol. The third-order valence-corrected chi connectivity index (χ3v) is 2.80. The molecule has 1 aliphatic carbocycles. The number of piperidine rings is 1. The van der Waals surface area contributed by atoms with Crippen molar-refractivity contribution in [2.45, 2.75) is 12.8 Å². The summed E-state index contributed by atoms with van der Waals surface area (Å²) in [6, 6.07) is 0. The number of rotatable bonds is 1. The minimum absolute atomic E-state index is 0. The summed E-state index contributed by atoms with van der Waals surface area (Å²) in [7, 11) is 0. The third-order valence-electron chi connectivity index (χ3n) is 2.80. The molecule has 0 aromatic heterocycles. The zero-order valence-electron chi connectivity index (χ0n) is 6.17. The summed E-state index contributed by atoms with van der Waals surface area (Å²) in [5, 5.41) is 12.0. The zero-order valence-corrected chi connectivity index (χ0v) is 6.99. The van der Waals surface area contributed by atoms with Crippen molar-refractivity contribution in [2.24, 2.45) is 11.3 Å². The first kappa shape index (κ1) is 8.81. The molecule has 3 nitrogen and oxygen atoms in total. The number of aliphatic carboxylic acids is 1. The van der Waals surface area contributed by atoms with Crippen LogP contribution >= 0.6 is 12.4 Å². The van der Waals surface area contributed by atoms with Gasteiger partial charge in [0.05, 0.1) is 5.41 Å². The Kier molecular flexibility index (Phi) is 2.12. The Balaban J connectivity index is 0.000000605. The zero-order chi connectivity index (χ0) is 7.19. The molecule has 1 saturated heterocycles. The molecule has 0 radical (unpaired) electrons. The van der Waals surface area contributed by atoms with Gasteiger partial charge in [-0.1, -0.05) is 0 Å². The first-order chi connectivity index (χ1) is 4.76. The van der Waals surface area contributed by atoms with E-state index in [1.807, 2.05) is 0 Å². The van der Waals surface area contributed by atoms with Gasteiger partial charge in [0, 0.05) is 0 Å². The highest BCUT2D eigenvalue weighted by Gasteiger charge is 2.60. The van der Waals surface area contributed by atoms with Gasteiger partial charge in [-0.15, -0.1) is 12.4 Å². The largest absolute Gasteiger partial charge is 0.481 e. The molecule has 1 saturated carbocycles. The average molecular weight is 178 g/mol. The van der Waals surface area contributed by atoms with E-state index in [1.165, 1.54) is 0 Å². The summed E-state index contributed by atoms with van der Waals surface area (Å²) in [4.78, 5) is 10.7. The van der Waals surface area contributed by atoms with E-state index in [9.17, 15) is 4.79 Å². The number of fused-ring (bicyclic) bond motifs is 1. The van der Waals surface area contributed by atoms with Crippen LogP contribution in [0.1, 0.15) is 12.8 Å². The van der Waals surface area contributed by atoms with Gasteiger partial charge in [0.15, 0.2) is 0 Å². The number of halogens is 1. The van der Waals surface area contributed by atoms with E-state index >= 15 is 0 Å². The van der Waals surface area contributed by atoms with Crippen LogP contribution in [-0.4, -0.2) is 24.2 Å². The summed E-state index contributed by atoms with van der Waals surface area (Å²) >= 11 is 0. The van der Waals surface area contributed by atoms with E-state index in [4.69, 9.17) is 5.11 Å². The predicted molar refractivity (Wildman–Crippen MR) is 42.9 cm³/mol. The normalized spacial score (nSPS) is 40.2. The van der Waals surface area contributed by atoms with E-state index in [0.29, 0.717) is 5.92 Å². The molecule has 2 N–H and O–H groups in total. The molecule has 0 amide bonds. The summed E-state index contributed by atoms with van der Waals surface area (Å²) < 4.78 is 0. The minimum Gasteiger partial charge on any atom is -0.481 e. The second-order valence-corrected chi connectivity index (χ2v) is 3.32. The maximum absolute atomic E-state index is 10.7. The molecule has 1 aliphatic heterocycles. The minimum atomic E-state index is -0.584. The number of carboxylic acids is 1. The van der Waals surface area contributed by atoms with Gasteiger partial charge in [-0.05, 0) is 31.8 Å². The lowest BCUT2D eigenvalue weighted by Gasteiger charge is -2.17. The third kappa shape index (κ3) is 1.12. The van der Waals surface area contributed by atoms with Crippen LogP contribution in [-0.2, 0) is 4.79 Å². The molecule has 64 valence electrons. The molecule has 2 atom stereocenters. The SMILES string of the molecule is Cl.O=C(O)[C@@]12CCNC[C@H]1C2. The number of nitrogens with one attached hydrogen (secondary N) is 1. The Morgan fingerprint density at radius 2 is 2.36 bits per heavy atom. The number of hydrogen-bond donors (Lipinski definition) is 2. The molecule has 0 spiro atoms. The van der Waals surface area contributed by atoms with Gasteiger partial charge in [0.2, 0.25) is 0 Å². The maximum Gasteiger partial charge on any atom is 0.310 e. The Morgan fingerprint density at radius 1 is 1.64 bits per heavy atom. The standard InChI is InChI=1S/C7H11NO2.ClH/c9-6(10)7-1-2-8-4-5(7)3-7;/h5,8H,1-4H2,(H,9,10);1H/t5-,7-;/m1./s1. The van der Waals surface area contributed by atoms with E-state index in [1.54, 1.807) is 0 Å². The fourth-order valence-electron chi connectivity index (χ4n) is 1.91. The van der Waals surface area contributed by atoms with Crippen molar-refractivity contribution in [3.63, 3.8) is 0 Å². The molecule has 11 heavy (non-hydrogen) atoms. The van der Waals surface area contributed by atoms with Crippen molar-refractivity contribution in [3.05, 3.63) is 0 Å². The van der Waals surface area contributed by atoms with Crippen LogP contribution in [0.5, 0.6) is 0 Å². The predicted octanol–water partition coefficient (Wildman–Crippen LogP) is 0.492. The van der Waals surface area contributed by atoms with Crippen molar-refractivity contribution in [1.82, 2.24) is 5.32 Å². The lowest BCUT2D eigenvalue weighted by molar-refractivity contribution is -0.144. The molecule has 4 heteroatoms. The van der Waals surface area contributed by atoms with Crippen LogP contribution in [0, 0.1) is 11.3 Å². The van der Waals surface area contributed by atoms with Crippen molar-refractivity contribution >= 4 is 18.4 Å². The average Bonchev–Trinajstić information content (AvgIpc) is 2.61. The molecule has 0 bridgehead atoms. The maximum atomic E-state index is 10.7. The summed E-state index contributed by atoms with van der Waals surface area (Å²) in [6.45, 7) is 1.79. The van der Waals surface area contributed by atoms with Crippen molar-refractivity contribution in [3.8, 4) is 0 Å². The monoisotopic (exact) mass is 177 g/mol. The molecule has 1 heterocycles. The lowest BCUT2D eigenvalue weighted by Crippen LogP contribution is -2.33. The van der Waals surface area contributed by atoms with Crippen molar-refractivity contribution in [2.75, 3.05) is 13.1 Å². The molecule has 2 fully saturated rings. The van der Waals surface area contributed by atoms with Gasteiger partial charge < -0.3 is 10.4 Å². The second-order valence-electron chi connectivity index (χ2n) is 3.32. The van der Waals surface area contributed by atoms with E-state index in [2.05, 4.69) is 5.32 Å². The first-order valence-corrected chi connectivity index (χ1v) is 3.70. The smallest absolute Gasteiger partial charge is 0.310 e. The van der Waals surface area contributed by atoms with Crippen LogP contribution in [0.4, 0.5) is 0 Å². The quantitative estimate of drug-likeness (QED) is 0.613. The Labute approximate surface area is 71.6 Å². The molecule has 2 aliphatic rings. The van der Waals surface area contributed by atoms with Crippen LogP contribution in [0.3, 0.4) is 0 Å². The molecular formula is C7H12ClNO2. The highest BCUT2D eigenvalue weighted by molar-refractivity contribution is 5.85. The Bertz CT molecular complexity index is 185. The summed E-state index contributed by atoms with van der Waals surface area (Å²) in [5.74, 6) is -0.155. The van der Waals surface area contributed by atoms with Crippen LogP contribution in [0.2, 0.25) is 0 Å². The highest BCUT2D eigenvalue weighted by Crippen LogP contribution is 2.56. The Hall–Kier alpha value is -0.280. The van der Waals surface area contributed by atoms with Gasteiger partial charge in [-0.3, -0.25) is 4.79 Å². The fourth-order valence-corrected chi connectivity index (χ4v) is 1.91. The van der Waals surface area contributed by atoms with Crippen LogP contribution < -0.4 is 5.32 Å². The van der Waals surface area contributed by atoms with Crippen LogP contribution in [0.15, 0.2) is 0 Å². The molecule has 0 unspecified atom stereocenters. The second kappa shape index (κ2) is 2.64. The van der Waals surface area contributed by atoms with Gasteiger partial charge in [0.25, 0.3) is 0 Å². The van der Waals surface area contributed by atoms with Gasteiger partial charge in [-0.25, -0.2) is 0 Å². The van der Waals surface area contributed by atoms with Gasteiger partial charge >= 0.3 is 5.97 Å². The topological polar surface area (TPSA) is 49.3 Å². The Morgan fingerprint density at radius 3 is 2.82 bits per heavy atom. The lowest BCUT2D eigenvalue weighted by atomic mass is 9.97. The molecule has 2 rings (SSSR count). The molecule has 0 aromatic carbocycles. The van der Waals surface area contributed by atoms with Crippen molar-refractivity contribution < 1.29 is 9.90 Å². The number of carbonyl (C=O) groups is 1. The first-order valence-electron chi connectivity index (χ1n) is 3.70. The summed E-state index contributed by atoms with van der Waals surface area (Å²) in [5.41, 5.74) is -0.300. The van der Waals surface area contributed by atoms with E-state index in [-0.39, 0.29) is 17.8 Å². The van der Waals surface area contributed by atoms with E-state index in [0.717, 1.165) is 25.9 Å². The van der Waals surface area contributed by atoms with Gasteiger partial charge in [0.1, 0.15) is 0 Å². The van der Waals surface area contributed by atoms with Crippen LogP contribution in [0.25, 0.3) is 0 Å². The number of carboxylic acid groups (broad SMARTS) is 1. The fraction of sp³-hybridized carbons (Fsp3) is 0.857. The van der Waals surface area contributed by atoms with E-state index < -0.39 is 5.97 Å². The number of hydrogen-bond acceptors (Lipinski definition) is 2.